The third kappa shape index (κ3) is 3.51. The van der Waals surface area contributed by atoms with Crippen molar-refractivity contribution in [2.24, 2.45) is 0 Å². The molecule has 0 bridgehead atoms. The number of hydrogen-bond acceptors (Lipinski definition) is 2. The molecule has 0 unspecified atom stereocenters. The highest BCUT2D eigenvalue weighted by Crippen LogP contribution is 2.22. The number of benzene rings is 1. The average molecular weight is 241 g/mol. The van der Waals surface area contributed by atoms with Crippen molar-refractivity contribution < 1.29 is 4.74 Å². The lowest BCUT2D eigenvalue weighted by Crippen LogP contribution is -2.28. The molecule has 0 aliphatic rings. The zero-order valence-corrected chi connectivity index (χ0v) is 10.8. The van der Waals surface area contributed by atoms with Crippen molar-refractivity contribution >= 4 is 0 Å². The molecule has 94 valence electrons. The Bertz CT molecular complexity index is 417. The monoisotopic (exact) mass is 241 g/mol. The maximum absolute atomic E-state index is 5.65. The Morgan fingerprint density at radius 1 is 1.28 bits per heavy atom. The SMILES string of the molecule is C#C[C@@H](c1ccc(OC)cc1)N(CC=C)CC=C. The van der Waals surface area contributed by atoms with Gasteiger partial charge < -0.3 is 4.74 Å². The fourth-order valence-electron chi connectivity index (χ4n) is 1.82. The van der Waals surface area contributed by atoms with Crippen LogP contribution in [0.3, 0.4) is 0 Å². The van der Waals surface area contributed by atoms with E-state index in [4.69, 9.17) is 11.2 Å². The lowest BCUT2D eigenvalue weighted by atomic mass is 10.1. The molecule has 2 heteroatoms. The zero-order chi connectivity index (χ0) is 13.4. The second-order valence-electron chi connectivity index (χ2n) is 3.87. The molecule has 0 amide bonds. The summed E-state index contributed by atoms with van der Waals surface area (Å²) in [5.74, 6) is 3.64. The number of hydrogen-bond donors (Lipinski definition) is 0. The summed E-state index contributed by atoms with van der Waals surface area (Å²) in [7, 11) is 1.65. The number of ether oxygens (including phenoxy) is 1. The molecule has 1 aromatic carbocycles. The van der Waals surface area contributed by atoms with Crippen LogP contribution in [-0.2, 0) is 0 Å². The van der Waals surface area contributed by atoms with Crippen molar-refractivity contribution in [3.63, 3.8) is 0 Å². The topological polar surface area (TPSA) is 12.5 Å². The molecule has 2 nitrogen and oxygen atoms in total. The first-order valence-corrected chi connectivity index (χ1v) is 5.82. The highest BCUT2D eigenvalue weighted by atomic mass is 16.5. The van der Waals surface area contributed by atoms with Gasteiger partial charge in [0.15, 0.2) is 0 Å². The Labute approximate surface area is 110 Å². The average Bonchev–Trinajstić information content (AvgIpc) is 2.41. The summed E-state index contributed by atoms with van der Waals surface area (Å²) >= 11 is 0. The molecule has 0 heterocycles. The smallest absolute Gasteiger partial charge is 0.118 e. The summed E-state index contributed by atoms with van der Waals surface area (Å²) in [6, 6.07) is 7.73. The van der Waals surface area contributed by atoms with E-state index in [9.17, 15) is 0 Å². The van der Waals surface area contributed by atoms with Crippen LogP contribution in [0.4, 0.5) is 0 Å². The molecule has 0 aliphatic heterocycles. The Morgan fingerprint density at radius 3 is 2.22 bits per heavy atom. The summed E-state index contributed by atoms with van der Waals surface area (Å²) in [6.07, 6.45) is 9.33. The highest BCUT2D eigenvalue weighted by molar-refractivity contribution is 5.32. The van der Waals surface area contributed by atoms with Gasteiger partial charge in [-0.05, 0) is 17.7 Å². The minimum Gasteiger partial charge on any atom is -0.497 e. The molecule has 0 aliphatic carbocycles. The fourth-order valence-corrected chi connectivity index (χ4v) is 1.82. The van der Waals surface area contributed by atoms with Crippen molar-refractivity contribution in [3.8, 4) is 18.1 Å². The van der Waals surface area contributed by atoms with Gasteiger partial charge in [-0.25, -0.2) is 0 Å². The van der Waals surface area contributed by atoms with Gasteiger partial charge in [0.05, 0.1) is 13.2 Å². The molecule has 1 atom stereocenters. The quantitative estimate of drug-likeness (QED) is 0.537. The Morgan fingerprint density at radius 2 is 1.83 bits per heavy atom. The molecule has 0 N–H and O–H groups in total. The summed E-state index contributed by atoms with van der Waals surface area (Å²) in [5.41, 5.74) is 1.07. The van der Waals surface area contributed by atoms with Gasteiger partial charge >= 0.3 is 0 Å². The molecule has 0 fully saturated rings. The Hall–Kier alpha value is -1.98. The first-order chi connectivity index (χ1) is 8.76. The van der Waals surface area contributed by atoms with Crippen LogP contribution in [0.15, 0.2) is 49.6 Å². The molecule has 18 heavy (non-hydrogen) atoms. The predicted octanol–water partition coefficient (Wildman–Crippen LogP) is 3.04. The van der Waals surface area contributed by atoms with Crippen molar-refractivity contribution in [3.05, 3.63) is 55.1 Å². The normalized spacial score (nSPS) is 11.6. The predicted molar refractivity (Wildman–Crippen MR) is 76.5 cm³/mol. The van der Waals surface area contributed by atoms with Crippen LogP contribution in [0.25, 0.3) is 0 Å². The standard InChI is InChI=1S/C16H19NO/c1-5-12-17(13-6-2)16(7-3)14-8-10-15(18-4)11-9-14/h3,5-6,8-11,16H,1-2,12-13H2,4H3/t16-/m0/s1. The van der Waals surface area contributed by atoms with Crippen molar-refractivity contribution in [2.75, 3.05) is 20.2 Å². The number of methoxy groups -OCH3 is 1. The highest BCUT2D eigenvalue weighted by Gasteiger charge is 2.15. The molecule has 0 saturated heterocycles. The van der Waals surface area contributed by atoms with Crippen LogP contribution in [0.5, 0.6) is 5.75 Å². The summed E-state index contributed by atoms with van der Waals surface area (Å²) < 4.78 is 5.14. The third-order valence-electron chi connectivity index (χ3n) is 2.68. The van der Waals surface area contributed by atoms with E-state index in [0.717, 1.165) is 24.4 Å². The van der Waals surface area contributed by atoms with Gasteiger partial charge in [0, 0.05) is 13.1 Å². The second-order valence-corrected chi connectivity index (χ2v) is 3.87. The van der Waals surface area contributed by atoms with Crippen LogP contribution < -0.4 is 4.74 Å². The maximum atomic E-state index is 5.65. The van der Waals surface area contributed by atoms with Gasteiger partial charge in [-0.15, -0.1) is 19.6 Å². The Balaban J connectivity index is 2.95. The summed E-state index contributed by atoms with van der Waals surface area (Å²) in [6.45, 7) is 8.97. The minimum atomic E-state index is -0.0769. The van der Waals surface area contributed by atoms with Crippen LogP contribution in [0.2, 0.25) is 0 Å². The van der Waals surface area contributed by atoms with Crippen LogP contribution in [0, 0.1) is 12.3 Å². The maximum Gasteiger partial charge on any atom is 0.118 e. The first-order valence-electron chi connectivity index (χ1n) is 5.82. The number of nitrogens with zero attached hydrogens (tertiary/aromatic N) is 1. The Kier molecular flexibility index (Phi) is 5.76. The molecular formula is C16H19NO. The van der Waals surface area contributed by atoms with Gasteiger partial charge in [-0.2, -0.15) is 0 Å². The van der Waals surface area contributed by atoms with E-state index >= 15 is 0 Å². The summed E-state index contributed by atoms with van der Waals surface area (Å²) in [5, 5.41) is 0. The van der Waals surface area contributed by atoms with Gasteiger partial charge in [-0.3, -0.25) is 4.90 Å². The van der Waals surface area contributed by atoms with E-state index in [1.807, 2.05) is 36.4 Å². The third-order valence-corrected chi connectivity index (χ3v) is 2.68. The van der Waals surface area contributed by atoms with Crippen molar-refractivity contribution in [2.45, 2.75) is 6.04 Å². The molecule has 0 saturated carbocycles. The van der Waals surface area contributed by atoms with Crippen molar-refractivity contribution in [1.29, 1.82) is 0 Å². The number of rotatable bonds is 7. The van der Waals surface area contributed by atoms with Crippen LogP contribution >= 0.6 is 0 Å². The molecule has 0 radical (unpaired) electrons. The van der Waals surface area contributed by atoms with Gasteiger partial charge in [0.1, 0.15) is 5.75 Å². The number of terminal acetylenes is 1. The lowest BCUT2D eigenvalue weighted by Gasteiger charge is -2.26. The van der Waals surface area contributed by atoms with Gasteiger partial charge in [0.2, 0.25) is 0 Å². The lowest BCUT2D eigenvalue weighted by molar-refractivity contribution is 0.293. The van der Waals surface area contributed by atoms with E-state index in [-0.39, 0.29) is 6.04 Å². The molecule has 0 spiro atoms. The largest absolute Gasteiger partial charge is 0.497 e. The van der Waals surface area contributed by atoms with Gasteiger partial charge in [-0.1, -0.05) is 30.2 Å². The van der Waals surface area contributed by atoms with E-state index in [0.29, 0.717) is 0 Å². The molecule has 1 rings (SSSR count). The summed E-state index contributed by atoms with van der Waals surface area (Å²) in [4.78, 5) is 2.13. The van der Waals surface area contributed by atoms with Crippen LogP contribution in [-0.4, -0.2) is 25.1 Å². The second kappa shape index (κ2) is 7.37. The minimum absolute atomic E-state index is 0.0769. The molecular weight excluding hydrogens is 222 g/mol. The zero-order valence-electron chi connectivity index (χ0n) is 10.8. The van der Waals surface area contributed by atoms with E-state index in [1.165, 1.54) is 0 Å². The molecule has 1 aromatic rings. The fraction of sp³-hybridized carbons (Fsp3) is 0.250. The van der Waals surface area contributed by atoms with E-state index in [2.05, 4.69) is 24.0 Å². The van der Waals surface area contributed by atoms with Crippen molar-refractivity contribution in [1.82, 2.24) is 4.90 Å². The van der Waals surface area contributed by atoms with Gasteiger partial charge in [0.25, 0.3) is 0 Å². The van der Waals surface area contributed by atoms with E-state index in [1.54, 1.807) is 7.11 Å². The van der Waals surface area contributed by atoms with Crippen LogP contribution in [0.1, 0.15) is 11.6 Å². The van der Waals surface area contributed by atoms with E-state index < -0.39 is 0 Å². The molecule has 0 aromatic heterocycles. The first kappa shape index (κ1) is 14.1.